The van der Waals surface area contributed by atoms with Crippen LogP contribution in [0.3, 0.4) is 0 Å². The SMILES string of the molecule is CCC1(C(=O)Cc2cc(F)ccc2Cl)CCCNC1. The molecule has 1 atom stereocenters. The Hall–Kier alpha value is -0.930. The lowest BCUT2D eigenvalue weighted by Gasteiger charge is -2.35. The molecule has 1 aliphatic heterocycles. The second-order valence-corrected chi connectivity index (χ2v) is 5.66. The van der Waals surface area contributed by atoms with Crippen LogP contribution in [-0.2, 0) is 11.2 Å². The van der Waals surface area contributed by atoms with Gasteiger partial charge < -0.3 is 5.32 Å². The van der Waals surface area contributed by atoms with E-state index < -0.39 is 0 Å². The number of hydrogen-bond acceptors (Lipinski definition) is 2. The fourth-order valence-corrected chi connectivity index (χ4v) is 2.93. The summed E-state index contributed by atoms with van der Waals surface area (Å²) in [6, 6.07) is 4.19. The van der Waals surface area contributed by atoms with Crippen LogP contribution in [0.25, 0.3) is 0 Å². The zero-order valence-electron chi connectivity index (χ0n) is 11.1. The fraction of sp³-hybridized carbons (Fsp3) is 0.533. The van der Waals surface area contributed by atoms with Crippen LogP contribution in [0.4, 0.5) is 4.39 Å². The van der Waals surface area contributed by atoms with E-state index in [0.717, 1.165) is 32.4 Å². The average molecular weight is 284 g/mol. The molecule has 0 radical (unpaired) electrons. The molecule has 19 heavy (non-hydrogen) atoms. The van der Waals surface area contributed by atoms with Crippen molar-refractivity contribution in [2.75, 3.05) is 13.1 Å². The predicted octanol–water partition coefficient (Wildman–Crippen LogP) is 3.37. The Labute approximate surface area is 118 Å². The number of nitrogens with one attached hydrogen (secondary N) is 1. The normalized spacial score (nSPS) is 23.3. The molecule has 0 aliphatic carbocycles. The lowest BCUT2D eigenvalue weighted by atomic mass is 9.73. The lowest BCUT2D eigenvalue weighted by molar-refractivity contribution is -0.129. The summed E-state index contributed by atoms with van der Waals surface area (Å²) in [7, 11) is 0. The van der Waals surface area contributed by atoms with E-state index in [1.165, 1.54) is 18.2 Å². The van der Waals surface area contributed by atoms with Crippen LogP contribution in [0, 0.1) is 11.2 Å². The van der Waals surface area contributed by atoms with Gasteiger partial charge in [0.15, 0.2) is 0 Å². The third kappa shape index (κ3) is 3.15. The van der Waals surface area contributed by atoms with Crippen LogP contribution in [0.15, 0.2) is 18.2 Å². The molecule has 1 unspecified atom stereocenters. The maximum absolute atomic E-state index is 13.2. The van der Waals surface area contributed by atoms with Gasteiger partial charge in [0, 0.05) is 23.4 Å². The van der Waals surface area contributed by atoms with Gasteiger partial charge in [0.1, 0.15) is 11.6 Å². The van der Waals surface area contributed by atoms with Crippen LogP contribution in [-0.4, -0.2) is 18.9 Å². The number of halogens is 2. The van der Waals surface area contributed by atoms with Crippen molar-refractivity contribution in [1.82, 2.24) is 5.32 Å². The standard InChI is InChI=1S/C15H19ClFNO/c1-2-15(6-3-7-18-10-15)14(19)9-11-8-12(17)4-5-13(11)16/h4-5,8,18H,2-3,6-7,9-10H2,1H3. The molecule has 2 nitrogen and oxygen atoms in total. The van der Waals surface area contributed by atoms with Gasteiger partial charge >= 0.3 is 0 Å². The van der Waals surface area contributed by atoms with Crippen LogP contribution in [0.5, 0.6) is 0 Å². The van der Waals surface area contributed by atoms with Crippen LogP contribution in [0.2, 0.25) is 5.02 Å². The Bertz CT molecular complexity index is 469. The summed E-state index contributed by atoms with van der Waals surface area (Å²) in [4.78, 5) is 12.6. The maximum Gasteiger partial charge on any atom is 0.144 e. The van der Waals surface area contributed by atoms with Crippen molar-refractivity contribution in [1.29, 1.82) is 0 Å². The largest absolute Gasteiger partial charge is 0.316 e. The van der Waals surface area contributed by atoms with Gasteiger partial charge in [0.2, 0.25) is 0 Å². The quantitative estimate of drug-likeness (QED) is 0.918. The second kappa shape index (κ2) is 6.02. The van der Waals surface area contributed by atoms with Crippen molar-refractivity contribution in [2.45, 2.75) is 32.6 Å². The van der Waals surface area contributed by atoms with E-state index in [-0.39, 0.29) is 23.4 Å². The summed E-state index contributed by atoms with van der Waals surface area (Å²) in [6.45, 7) is 3.73. The van der Waals surface area contributed by atoms with Crippen molar-refractivity contribution < 1.29 is 9.18 Å². The minimum Gasteiger partial charge on any atom is -0.316 e. The van der Waals surface area contributed by atoms with E-state index in [1.54, 1.807) is 0 Å². The molecule has 1 aromatic carbocycles. The van der Waals surface area contributed by atoms with Crippen molar-refractivity contribution in [3.05, 3.63) is 34.6 Å². The molecule has 1 heterocycles. The minimum absolute atomic E-state index is 0.162. The summed E-state index contributed by atoms with van der Waals surface area (Å²) in [5.74, 6) is -0.186. The molecular formula is C15H19ClFNO. The highest BCUT2D eigenvalue weighted by Gasteiger charge is 2.37. The number of benzene rings is 1. The highest BCUT2D eigenvalue weighted by Crippen LogP contribution is 2.33. The van der Waals surface area contributed by atoms with Crippen molar-refractivity contribution in [3.63, 3.8) is 0 Å². The topological polar surface area (TPSA) is 29.1 Å². The molecule has 0 saturated carbocycles. The molecule has 1 aromatic rings. The molecule has 1 aliphatic rings. The number of carbonyl (C=O) groups excluding carboxylic acids is 1. The van der Waals surface area contributed by atoms with E-state index in [0.29, 0.717) is 10.6 Å². The fourth-order valence-electron chi connectivity index (χ4n) is 2.74. The lowest BCUT2D eigenvalue weighted by Crippen LogP contribution is -2.45. The number of piperidine rings is 1. The van der Waals surface area contributed by atoms with E-state index in [1.807, 2.05) is 6.92 Å². The molecule has 1 saturated heterocycles. The first-order valence-electron chi connectivity index (χ1n) is 6.75. The molecule has 4 heteroatoms. The molecule has 0 amide bonds. The van der Waals surface area contributed by atoms with E-state index in [9.17, 15) is 9.18 Å². The van der Waals surface area contributed by atoms with Gasteiger partial charge in [-0.25, -0.2) is 4.39 Å². The first kappa shape index (κ1) is 14.5. The summed E-state index contributed by atoms with van der Waals surface area (Å²) in [6.07, 6.45) is 2.94. The van der Waals surface area contributed by atoms with Gasteiger partial charge in [-0.1, -0.05) is 18.5 Å². The highest BCUT2D eigenvalue weighted by atomic mass is 35.5. The van der Waals surface area contributed by atoms with Crippen molar-refractivity contribution in [3.8, 4) is 0 Å². The molecular weight excluding hydrogens is 265 g/mol. The summed E-state index contributed by atoms with van der Waals surface area (Å²) in [5, 5.41) is 3.75. The van der Waals surface area contributed by atoms with Gasteiger partial charge in [-0.15, -0.1) is 0 Å². The number of hydrogen-bond donors (Lipinski definition) is 1. The summed E-state index contributed by atoms with van der Waals surface area (Å²) < 4.78 is 13.2. The Balaban J connectivity index is 2.17. The Morgan fingerprint density at radius 1 is 1.53 bits per heavy atom. The van der Waals surface area contributed by atoms with Crippen LogP contribution in [0.1, 0.15) is 31.7 Å². The summed E-state index contributed by atoms with van der Waals surface area (Å²) in [5.41, 5.74) is 0.276. The van der Waals surface area contributed by atoms with Crippen molar-refractivity contribution >= 4 is 17.4 Å². The molecule has 1 fully saturated rings. The monoisotopic (exact) mass is 283 g/mol. The van der Waals surface area contributed by atoms with E-state index >= 15 is 0 Å². The Kier molecular flexibility index (Phi) is 4.58. The Morgan fingerprint density at radius 2 is 2.32 bits per heavy atom. The minimum atomic E-state index is -0.348. The highest BCUT2D eigenvalue weighted by molar-refractivity contribution is 6.31. The zero-order chi connectivity index (χ0) is 13.9. The van der Waals surface area contributed by atoms with Gasteiger partial charge in [-0.3, -0.25) is 4.79 Å². The van der Waals surface area contributed by atoms with E-state index in [2.05, 4.69) is 5.32 Å². The third-order valence-corrected chi connectivity index (χ3v) is 4.47. The van der Waals surface area contributed by atoms with Gasteiger partial charge in [0.25, 0.3) is 0 Å². The molecule has 0 spiro atoms. The molecule has 0 bridgehead atoms. The zero-order valence-corrected chi connectivity index (χ0v) is 11.9. The first-order chi connectivity index (χ1) is 9.07. The van der Waals surface area contributed by atoms with Gasteiger partial charge in [-0.2, -0.15) is 0 Å². The van der Waals surface area contributed by atoms with Gasteiger partial charge in [0.05, 0.1) is 0 Å². The Morgan fingerprint density at radius 3 is 2.95 bits per heavy atom. The molecule has 0 aromatic heterocycles. The number of carbonyl (C=O) groups is 1. The first-order valence-corrected chi connectivity index (χ1v) is 7.13. The number of rotatable bonds is 4. The van der Waals surface area contributed by atoms with Crippen LogP contribution < -0.4 is 5.32 Å². The second-order valence-electron chi connectivity index (χ2n) is 5.25. The average Bonchev–Trinajstić information content (AvgIpc) is 2.43. The number of Topliss-reactive ketones (excluding diaryl/α,β-unsaturated/α-hetero) is 1. The molecule has 1 N–H and O–H groups in total. The number of ketones is 1. The van der Waals surface area contributed by atoms with Crippen LogP contribution >= 0.6 is 11.6 Å². The molecule has 104 valence electrons. The van der Waals surface area contributed by atoms with E-state index in [4.69, 9.17) is 11.6 Å². The van der Waals surface area contributed by atoms with Gasteiger partial charge in [-0.05, 0) is 49.6 Å². The predicted molar refractivity (Wildman–Crippen MR) is 74.9 cm³/mol. The maximum atomic E-state index is 13.2. The molecule has 2 rings (SSSR count). The smallest absolute Gasteiger partial charge is 0.144 e. The van der Waals surface area contributed by atoms with Crippen molar-refractivity contribution in [2.24, 2.45) is 5.41 Å². The third-order valence-electron chi connectivity index (χ3n) is 4.10. The summed E-state index contributed by atoms with van der Waals surface area (Å²) >= 11 is 6.03.